The van der Waals surface area contributed by atoms with Crippen molar-refractivity contribution in [2.24, 2.45) is 0 Å². The van der Waals surface area contributed by atoms with E-state index in [1.165, 1.54) is 0 Å². The maximum absolute atomic E-state index is 11.1. The summed E-state index contributed by atoms with van der Waals surface area (Å²) in [7, 11) is -5.17. The van der Waals surface area contributed by atoms with E-state index in [9.17, 15) is 8.68 Å². The summed E-state index contributed by atoms with van der Waals surface area (Å²) in [6, 6.07) is 14.7. The van der Waals surface area contributed by atoms with Crippen molar-refractivity contribution in [2.45, 2.75) is 0 Å². The molecule has 6 nitrogen and oxygen atoms in total. The zero-order chi connectivity index (χ0) is 16.3. The third kappa shape index (κ3) is 3.96. The summed E-state index contributed by atoms with van der Waals surface area (Å²) >= 11 is 0. The van der Waals surface area contributed by atoms with E-state index in [2.05, 4.69) is 4.98 Å². The van der Waals surface area contributed by atoms with E-state index in [0.717, 1.165) is 10.9 Å². The van der Waals surface area contributed by atoms with Crippen molar-refractivity contribution in [3.05, 3.63) is 54.1 Å². The second-order valence-corrected chi connectivity index (χ2v) is 5.09. The number of nitrogens with zero attached hydrogens (tertiary/aromatic N) is 1. The lowest BCUT2D eigenvalue weighted by atomic mass is 10.1. The van der Waals surface area contributed by atoms with Gasteiger partial charge in [-0.1, -0.05) is 28.2 Å². The summed E-state index contributed by atoms with van der Waals surface area (Å²) in [5.74, 6) is -0.923. The maximum atomic E-state index is 11.1. The van der Waals surface area contributed by atoms with Crippen LogP contribution < -0.4 is 0 Å². The van der Waals surface area contributed by atoms with Gasteiger partial charge < -0.3 is 5.11 Å². The van der Waals surface area contributed by atoms with Gasteiger partial charge in [-0.25, -0.2) is 9.78 Å². The van der Waals surface area contributed by atoms with Gasteiger partial charge in [-0.15, -0.1) is 0 Å². The third-order valence-corrected chi connectivity index (χ3v) is 2.79. The Morgan fingerprint density at radius 3 is 2.27 bits per heavy atom. The smallest absolute Gasteiger partial charge is 0.435 e. The van der Waals surface area contributed by atoms with E-state index in [4.69, 9.17) is 18.1 Å². The first-order chi connectivity index (χ1) is 10.3. The molecule has 0 saturated heterocycles. The Kier molecular flexibility index (Phi) is 4.34. The highest BCUT2D eigenvalue weighted by molar-refractivity contribution is 7.80. The topological polar surface area (TPSA) is 105 Å². The van der Waals surface area contributed by atoms with Crippen molar-refractivity contribution in [1.29, 1.82) is 0 Å². The predicted octanol–water partition coefficient (Wildman–Crippen LogP) is 2.84. The largest absolute Gasteiger partial charge is 0.478 e. The molecule has 0 aliphatic rings. The number of pyridine rings is 1. The summed E-state index contributed by atoms with van der Waals surface area (Å²) in [6.45, 7) is 0. The van der Waals surface area contributed by atoms with Crippen molar-refractivity contribution in [3.63, 3.8) is 0 Å². The minimum Gasteiger partial charge on any atom is -0.478 e. The molecule has 0 saturated carbocycles. The number of aromatic nitrogens is 1. The van der Waals surface area contributed by atoms with Gasteiger partial charge in [-0.3, -0.25) is 4.55 Å². The number of fused-ring (bicyclic) bond motifs is 2. The van der Waals surface area contributed by atoms with Crippen LogP contribution in [0.25, 0.3) is 21.8 Å². The first kappa shape index (κ1) is 15.8. The average Bonchev–Trinajstić information content (AvgIpc) is 2.42. The highest BCUT2D eigenvalue weighted by atomic mass is 32.3. The second-order valence-electron chi connectivity index (χ2n) is 4.27. The van der Waals surface area contributed by atoms with Crippen LogP contribution in [0.5, 0.6) is 0 Å². The molecule has 0 fully saturated rings. The van der Waals surface area contributed by atoms with Crippen LogP contribution in [0.15, 0.2) is 48.5 Å². The molecule has 0 atom stereocenters. The summed E-state index contributed by atoms with van der Waals surface area (Å²) in [5, 5.41) is 10.8. The number of benzene rings is 2. The lowest BCUT2D eigenvalue weighted by molar-refractivity contribution is 0.0699. The van der Waals surface area contributed by atoms with Crippen LogP contribution in [0, 0.1) is 0 Å². The lowest BCUT2D eigenvalue weighted by Crippen LogP contribution is -1.97. The van der Waals surface area contributed by atoms with Crippen LogP contribution >= 0.6 is 0 Å². The van der Waals surface area contributed by atoms with Crippen molar-refractivity contribution < 1.29 is 26.8 Å². The molecule has 3 rings (SSSR count). The normalized spacial score (nSPS) is 11.0. The number of aromatic carboxylic acids is 1. The Labute approximate surface area is 124 Å². The van der Waals surface area contributed by atoms with Gasteiger partial charge in [0, 0.05) is 10.8 Å². The molecular weight excluding hydrogens is 313 g/mol. The van der Waals surface area contributed by atoms with Crippen molar-refractivity contribution in [3.8, 4) is 0 Å². The van der Waals surface area contributed by atoms with Crippen molar-refractivity contribution >= 4 is 38.3 Å². The highest BCUT2D eigenvalue weighted by Crippen LogP contribution is 2.22. The molecule has 0 aliphatic carbocycles. The zero-order valence-electron chi connectivity index (χ0n) is 11.0. The van der Waals surface area contributed by atoms with Crippen LogP contribution in [-0.2, 0) is 10.5 Å². The first-order valence-electron chi connectivity index (χ1n) is 5.94. The van der Waals surface area contributed by atoms with E-state index in [1.807, 2.05) is 36.4 Å². The molecular formula is C14H10FNO5S. The van der Waals surface area contributed by atoms with E-state index >= 15 is 0 Å². The molecule has 0 unspecified atom stereocenters. The fourth-order valence-corrected chi connectivity index (χ4v) is 1.99. The highest BCUT2D eigenvalue weighted by Gasteiger charge is 2.09. The number of carboxylic acids is 1. The first-order valence-corrected chi connectivity index (χ1v) is 7.28. The third-order valence-electron chi connectivity index (χ3n) is 2.79. The quantitative estimate of drug-likeness (QED) is 0.405. The summed E-state index contributed by atoms with van der Waals surface area (Å²) in [5.41, 5.74) is 1.88. The van der Waals surface area contributed by atoms with Crippen LogP contribution in [0.2, 0.25) is 0 Å². The molecule has 2 N–H and O–H groups in total. The maximum Gasteiger partial charge on any atom is 0.435 e. The van der Waals surface area contributed by atoms with Gasteiger partial charge in [0.05, 0.1) is 16.6 Å². The van der Waals surface area contributed by atoms with Crippen molar-refractivity contribution in [2.75, 3.05) is 0 Å². The standard InChI is InChI=1S/C14H9NO2.FHO3S/c16-14(17)10-5-3-7-13-11(10)8-9-4-1-2-6-12(9)15-13;1-5(2,3)4/h1-8H,(H,16,17);(H,2,3,4). The Bertz CT molecular complexity index is 948. The summed E-state index contributed by atoms with van der Waals surface area (Å²) in [4.78, 5) is 15.6. The monoisotopic (exact) mass is 323 g/mol. The van der Waals surface area contributed by atoms with Gasteiger partial charge in [-0.2, -0.15) is 8.42 Å². The SMILES string of the molecule is O=C(O)c1cccc2nc3ccccc3cc12.O=S(=O)(O)F. The van der Waals surface area contributed by atoms with Crippen LogP contribution in [-0.4, -0.2) is 29.0 Å². The van der Waals surface area contributed by atoms with Gasteiger partial charge >= 0.3 is 16.5 Å². The Morgan fingerprint density at radius 2 is 1.64 bits per heavy atom. The van der Waals surface area contributed by atoms with E-state index < -0.39 is 16.5 Å². The molecule has 0 amide bonds. The minimum atomic E-state index is -5.17. The van der Waals surface area contributed by atoms with Gasteiger partial charge in [0.1, 0.15) is 0 Å². The molecule has 1 aromatic heterocycles. The number of carboxylic acid groups (broad SMARTS) is 1. The molecule has 0 spiro atoms. The van der Waals surface area contributed by atoms with E-state index in [1.54, 1.807) is 12.1 Å². The number of para-hydroxylation sites is 1. The van der Waals surface area contributed by atoms with Gasteiger partial charge in [0.2, 0.25) is 0 Å². The molecule has 3 aromatic rings. The number of carbonyl (C=O) groups is 1. The van der Waals surface area contributed by atoms with E-state index in [0.29, 0.717) is 16.5 Å². The van der Waals surface area contributed by atoms with Crippen LogP contribution in [0.1, 0.15) is 10.4 Å². The second kappa shape index (κ2) is 6.04. The summed E-state index contributed by atoms with van der Waals surface area (Å²) < 4.78 is 34.1. The van der Waals surface area contributed by atoms with Gasteiger partial charge in [0.25, 0.3) is 0 Å². The molecule has 114 valence electrons. The minimum absolute atomic E-state index is 0.292. The fraction of sp³-hybridized carbons (Fsp3) is 0. The Balaban J connectivity index is 0.000000309. The molecule has 22 heavy (non-hydrogen) atoms. The lowest BCUT2D eigenvalue weighted by Gasteiger charge is -2.04. The number of halogens is 1. The number of hydrogen-bond acceptors (Lipinski definition) is 4. The predicted molar refractivity (Wildman–Crippen MR) is 78.9 cm³/mol. The average molecular weight is 323 g/mol. The summed E-state index contributed by atoms with van der Waals surface area (Å²) in [6.07, 6.45) is 0. The fourth-order valence-electron chi connectivity index (χ4n) is 1.99. The van der Waals surface area contributed by atoms with Gasteiger partial charge in [0.15, 0.2) is 0 Å². The van der Waals surface area contributed by atoms with Gasteiger partial charge in [-0.05, 0) is 24.3 Å². The molecule has 2 aromatic carbocycles. The molecule has 0 radical (unpaired) electrons. The van der Waals surface area contributed by atoms with Crippen molar-refractivity contribution in [1.82, 2.24) is 4.98 Å². The van der Waals surface area contributed by atoms with Crippen LogP contribution in [0.4, 0.5) is 3.89 Å². The zero-order valence-corrected chi connectivity index (χ0v) is 11.8. The molecule has 1 heterocycles. The van der Waals surface area contributed by atoms with E-state index in [-0.39, 0.29) is 0 Å². The number of rotatable bonds is 1. The molecule has 8 heteroatoms. The Morgan fingerprint density at radius 1 is 1.05 bits per heavy atom. The molecule has 0 bridgehead atoms. The van der Waals surface area contributed by atoms with Crippen LogP contribution in [0.3, 0.4) is 0 Å². The number of hydrogen-bond donors (Lipinski definition) is 2. The molecule has 0 aliphatic heterocycles. The Hall–Kier alpha value is -2.58.